The third-order valence-corrected chi connectivity index (χ3v) is 7.90. The lowest BCUT2D eigenvalue weighted by Crippen LogP contribution is -2.46. The van der Waals surface area contributed by atoms with E-state index in [0.29, 0.717) is 24.1 Å². The SMILES string of the molecule is CNC1CC(n2cc(C#N)c3ccc(N4CCN(c5ccc(N6CCCC6=O)cc5)CC4)nc32)C1. The van der Waals surface area contributed by atoms with Crippen molar-refractivity contribution in [3.63, 3.8) is 0 Å². The number of piperazine rings is 1. The van der Waals surface area contributed by atoms with Crippen LogP contribution in [0.4, 0.5) is 17.2 Å². The Balaban J connectivity index is 1.16. The number of hydrogen-bond donors (Lipinski definition) is 1. The van der Waals surface area contributed by atoms with Crippen LogP contribution in [0.25, 0.3) is 11.0 Å². The van der Waals surface area contributed by atoms with Crippen molar-refractivity contribution < 1.29 is 4.79 Å². The summed E-state index contributed by atoms with van der Waals surface area (Å²) in [6.07, 6.45) is 5.72. The number of benzene rings is 1. The first kappa shape index (κ1) is 21.9. The summed E-state index contributed by atoms with van der Waals surface area (Å²) in [5.41, 5.74) is 3.82. The highest BCUT2D eigenvalue weighted by Crippen LogP contribution is 2.36. The van der Waals surface area contributed by atoms with Crippen LogP contribution in [0.3, 0.4) is 0 Å². The maximum Gasteiger partial charge on any atom is 0.227 e. The third-order valence-electron chi connectivity index (χ3n) is 7.90. The zero-order valence-corrected chi connectivity index (χ0v) is 20.2. The van der Waals surface area contributed by atoms with E-state index < -0.39 is 0 Å². The highest BCUT2D eigenvalue weighted by atomic mass is 16.2. The Kier molecular flexibility index (Phi) is 5.57. The molecule has 1 N–H and O–H groups in total. The molecule has 0 atom stereocenters. The van der Waals surface area contributed by atoms with Gasteiger partial charge < -0.3 is 24.6 Å². The number of hydrogen-bond acceptors (Lipinski definition) is 6. The first-order valence-electron chi connectivity index (χ1n) is 12.6. The van der Waals surface area contributed by atoms with E-state index in [1.54, 1.807) is 0 Å². The second-order valence-electron chi connectivity index (χ2n) is 9.85. The van der Waals surface area contributed by atoms with Crippen molar-refractivity contribution in [2.24, 2.45) is 0 Å². The molecule has 35 heavy (non-hydrogen) atoms. The molecule has 3 fully saturated rings. The lowest BCUT2D eigenvalue weighted by molar-refractivity contribution is -0.117. The summed E-state index contributed by atoms with van der Waals surface area (Å²) in [6, 6.07) is 15.8. The van der Waals surface area contributed by atoms with Gasteiger partial charge in [-0.3, -0.25) is 4.79 Å². The summed E-state index contributed by atoms with van der Waals surface area (Å²) < 4.78 is 2.22. The Morgan fingerprint density at radius 3 is 2.34 bits per heavy atom. The number of fused-ring (bicyclic) bond motifs is 1. The highest BCUT2D eigenvalue weighted by molar-refractivity contribution is 5.95. The van der Waals surface area contributed by atoms with Crippen molar-refractivity contribution in [1.29, 1.82) is 5.26 Å². The second-order valence-corrected chi connectivity index (χ2v) is 9.85. The van der Waals surface area contributed by atoms with Crippen LogP contribution in [-0.4, -0.2) is 61.3 Å². The van der Waals surface area contributed by atoms with Crippen LogP contribution in [-0.2, 0) is 4.79 Å². The van der Waals surface area contributed by atoms with Gasteiger partial charge in [-0.2, -0.15) is 5.26 Å². The smallest absolute Gasteiger partial charge is 0.227 e. The molecule has 3 aromatic rings. The van der Waals surface area contributed by atoms with E-state index in [1.807, 2.05) is 18.1 Å². The number of nitrogens with zero attached hydrogens (tertiary/aromatic N) is 6. The average molecular weight is 470 g/mol. The number of carbonyl (C=O) groups is 1. The molecule has 2 saturated heterocycles. The number of carbonyl (C=O) groups excluding carboxylic acids is 1. The molecular weight excluding hydrogens is 438 g/mol. The number of nitrogens with one attached hydrogen (secondary N) is 1. The number of nitriles is 1. The molecule has 0 spiro atoms. The van der Waals surface area contributed by atoms with Gasteiger partial charge in [-0.15, -0.1) is 0 Å². The van der Waals surface area contributed by atoms with E-state index in [4.69, 9.17) is 4.98 Å². The van der Waals surface area contributed by atoms with Gasteiger partial charge in [0.1, 0.15) is 17.5 Å². The lowest BCUT2D eigenvalue weighted by atomic mass is 9.87. The second kappa shape index (κ2) is 8.90. The molecule has 2 aliphatic heterocycles. The summed E-state index contributed by atoms with van der Waals surface area (Å²) in [4.78, 5) is 23.7. The summed E-state index contributed by atoms with van der Waals surface area (Å²) in [5.74, 6) is 1.20. The Hall–Kier alpha value is -3.57. The molecule has 1 amide bonds. The molecule has 6 rings (SSSR count). The molecule has 4 heterocycles. The predicted molar refractivity (Wildman–Crippen MR) is 138 cm³/mol. The van der Waals surface area contributed by atoms with E-state index >= 15 is 0 Å². The molecule has 1 aliphatic carbocycles. The van der Waals surface area contributed by atoms with Crippen LogP contribution in [0.1, 0.15) is 37.3 Å². The van der Waals surface area contributed by atoms with Crippen molar-refractivity contribution >= 4 is 34.1 Å². The number of amides is 1. The van der Waals surface area contributed by atoms with Crippen LogP contribution >= 0.6 is 0 Å². The van der Waals surface area contributed by atoms with Gasteiger partial charge in [0.15, 0.2) is 0 Å². The van der Waals surface area contributed by atoms with Crippen LogP contribution in [0.15, 0.2) is 42.6 Å². The fourth-order valence-electron chi connectivity index (χ4n) is 5.67. The quantitative estimate of drug-likeness (QED) is 0.618. The van der Waals surface area contributed by atoms with Crippen LogP contribution in [0.2, 0.25) is 0 Å². The van der Waals surface area contributed by atoms with E-state index in [-0.39, 0.29) is 5.91 Å². The minimum atomic E-state index is 0.225. The van der Waals surface area contributed by atoms with Gasteiger partial charge in [0.05, 0.1) is 5.56 Å². The maximum absolute atomic E-state index is 12.0. The highest BCUT2D eigenvalue weighted by Gasteiger charge is 2.31. The molecular formula is C27H31N7O. The third kappa shape index (κ3) is 3.90. The van der Waals surface area contributed by atoms with E-state index in [2.05, 4.69) is 62.2 Å². The summed E-state index contributed by atoms with van der Waals surface area (Å²) >= 11 is 0. The monoisotopic (exact) mass is 469 g/mol. The Labute approximate surface area is 205 Å². The van der Waals surface area contributed by atoms with Crippen molar-refractivity contribution in [2.45, 2.75) is 37.8 Å². The molecule has 0 radical (unpaired) electrons. The zero-order chi connectivity index (χ0) is 23.9. The maximum atomic E-state index is 12.0. The minimum Gasteiger partial charge on any atom is -0.368 e. The van der Waals surface area contributed by atoms with Gasteiger partial charge in [-0.1, -0.05) is 0 Å². The van der Waals surface area contributed by atoms with Crippen molar-refractivity contribution in [3.05, 3.63) is 48.2 Å². The first-order chi connectivity index (χ1) is 17.1. The average Bonchev–Trinajstić information content (AvgIpc) is 3.47. The summed E-state index contributed by atoms with van der Waals surface area (Å²) in [5, 5.41) is 13.9. The molecule has 1 aromatic carbocycles. The van der Waals surface area contributed by atoms with Crippen molar-refractivity contribution in [1.82, 2.24) is 14.9 Å². The fraction of sp³-hybridized carbons (Fsp3) is 0.444. The topological polar surface area (TPSA) is 80.4 Å². The largest absolute Gasteiger partial charge is 0.368 e. The van der Waals surface area contributed by atoms with Gasteiger partial charge in [-0.05, 0) is 62.7 Å². The number of anilines is 3. The summed E-state index contributed by atoms with van der Waals surface area (Å²) in [7, 11) is 2.01. The lowest BCUT2D eigenvalue weighted by Gasteiger charge is -2.37. The molecule has 0 unspecified atom stereocenters. The van der Waals surface area contributed by atoms with Gasteiger partial charge in [-0.25, -0.2) is 4.98 Å². The van der Waals surface area contributed by atoms with Gasteiger partial charge in [0.25, 0.3) is 0 Å². The van der Waals surface area contributed by atoms with Crippen LogP contribution in [0, 0.1) is 11.3 Å². The number of aromatic nitrogens is 2. The van der Waals surface area contributed by atoms with Gasteiger partial charge in [0.2, 0.25) is 5.91 Å². The van der Waals surface area contributed by atoms with Crippen molar-refractivity contribution in [2.75, 3.05) is 54.5 Å². The molecule has 3 aliphatic rings. The molecule has 2 aromatic heterocycles. The minimum absolute atomic E-state index is 0.225. The fourth-order valence-corrected chi connectivity index (χ4v) is 5.67. The molecule has 1 saturated carbocycles. The van der Waals surface area contributed by atoms with E-state index in [1.165, 1.54) is 5.69 Å². The molecule has 8 nitrogen and oxygen atoms in total. The number of rotatable bonds is 5. The Morgan fingerprint density at radius 2 is 1.69 bits per heavy atom. The number of pyridine rings is 1. The van der Waals surface area contributed by atoms with Crippen LogP contribution < -0.4 is 20.0 Å². The van der Waals surface area contributed by atoms with Crippen molar-refractivity contribution in [3.8, 4) is 6.07 Å². The van der Waals surface area contributed by atoms with Gasteiger partial charge in [0, 0.05) is 74.2 Å². The molecule has 180 valence electrons. The Bertz CT molecular complexity index is 1280. The first-order valence-corrected chi connectivity index (χ1v) is 12.6. The Morgan fingerprint density at radius 1 is 0.971 bits per heavy atom. The standard InChI is InChI=1S/C27H31N7O/c1-29-20-15-23(16-20)34-18-19(17-28)24-8-9-25(30-27(24)34)32-13-11-31(12-14-32)21-4-6-22(7-5-21)33-10-2-3-26(33)35/h4-9,18,20,23,29H,2-3,10-16H2,1H3. The predicted octanol–water partition coefficient (Wildman–Crippen LogP) is 3.28. The summed E-state index contributed by atoms with van der Waals surface area (Å²) in [6.45, 7) is 4.44. The normalized spacial score (nSPS) is 22.5. The van der Waals surface area contributed by atoms with E-state index in [9.17, 15) is 10.1 Å². The van der Waals surface area contributed by atoms with E-state index in [0.717, 1.165) is 74.5 Å². The molecule has 8 heteroatoms. The van der Waals surface area contributed by atoms with Crippen LogP contribution in [0.5, 0.6) is 0 Å². The zero-order valence-electron chi connectivity index (χ0n) is 20.2. The van der Waals surface area contributed by atoms with Gasteiger partial charge >= 0.3 is 0 Å². The molecule has 0 bridgehead atoms.